The maximum absolute atomic E-state index is 13.8. The lowest BCUT2D eigenvalue weighted by Crippen LogP contribution is -2.06. The molecule has 0 bridgehead atoms. The van der Waals surface area contributed by atoms with E-state index in [1.54, 1.807) is 0 Å². The fraction of sp³-hybridized carbons (Fsp3) is 0.176. The van der Waals surface area contributed by atoms with Gasteiger partial charge in [-0.25, -0.2) is 8.60 Å². The number of hydrogen-bond acceptors (Lipinski definition) is 6. The fourth-order valence-corrected chi connectivity index (χ4v) is 3.57. The van der Waals surface area contributed by atoms with Crippen molar-refractivity contribution < 1.29 is 31.1 Å². The van der Waals surface area contributed by atoms with Crippen LogP contribution in [0.1, 0.15) is 27.6 Å². The van der Waals surface area contributed by atoms with Crippen molar-refractivity contribution in [2.45, 2.75) is 17.5 Å². The molecule has 1 atom stereocenters. The molecular weight excluding hydrogens is 416 g/mol. The molecule has 0 aliphatic heterocycles. The van der Waals surface area contributed by atoms with E-state index in [1.807, 2.05) is 0 Å². The van der Waals surface area contributed by atoms with Crippen LogP contribution in [0.5, 0.6) is 0 Å². The highest BCUT2D eigenvalue weighted by atomic mass is 32.2. The van der Waals surface area contributed by atoms with Gasteiger partial charge in [-0.3, -0.25) is 9.78 Å². The molecule has 1 aromatic carbocycles. The zero-order chi connectivity index (χ0) is 21.2. The van der Waals surface area contributed by atoms with Crippen LogP contribution in [0.3, 0.4) is 0 Å². The summed E-state index contributed by atoms with van der Waals surface area (Å²) in [5, 5.41) is 3.26. The van der Waals surface area contributed by atoms with E-state index in [0.717, 1.165) is 12.5 Å². The zero-order valence-corrected chi connectivity index (χ0v) is 15.5. The Kier molecular flexibility index (Phi) is 5.46. The summed E-state index contributed by atoms with van der Waals surface area (Å²) in [7, 11) is -3.34. The Morgan fingerprint density at radius 1 is 1.21 bits per heavy atom. The first kappa shape index (κ1) is 20.6. The normalized spacial score (nSPS) is 13.7. The van der Waals surface area contributed by atoms with Crippen LogP contribution >= 0.6 is 0 Å². The minimum absolute atomic E-state index is 0.0576. The van der Waals surface area contributed by atoms with Gasteiger partial charge in [0, 0.05) is 24.4 Å². The first-order chi connectivity index (χ1) is 13.6. The fourth-order valence-electron chi connectivity index (χ4n) is 2.32. The highest BCUT2D eigenvalue weighted by Crippen LogP contribution is 2.27. The van der Waals surface area contributed by atoms with E-state index in [2.05, 4.69) is 24.0 Å². The van der Waals surface area contributed by atoms with Gasteiger partial charge in [0.15, 0.2) is 11.6 Å². The smallest absolute Gasteiger partial charge is 0.329 e. The second-order valence-corrected chi connectivity index (χ2v) is 8.12. The van der Waals surface area contributed by atoms with Gasteiger partial charge >= 0.3 is 12.1 Å². The Labute approximate surface area is 162 Å². The molecule has 1 unspecified atom stereocenters. The van der Waals surface area contributed by atoms with Crippen LogP contribution < -0.4 is 0 Å². The molecule has 29 heavy (non-hydrogen) atoms. The Morgan fingerprint density at radius 3 is 2.48 bits per heavy atom. The Hall–Kier alpha value is -3.15. The highest BCUT2D eigenvalue weighted by Gasteiger charge is 2.38. The lowest BCUT2D eigenvalue weighted by molar-refractivity contribution is -0.159. The zero-order valence-electron chi connectivity index (χ0n) is 14.7. The van der Waals surface area contributed by atoms with Gasteiger partial charge in [-0.15, -0.1) is 0 Å². The van der Waals surface area contributed by atoms with Crippen molar-refractivity contribution in [3.63, 3.8) is 0 Å². The number of alkyl halides is 3. The van der Waals surface area contributed by atoms with Crippen LogP contribution in [0.4, 0.5) is 17.6 Å². The average molecular weight is 428 g/mol. The van der Waals surface area contributed by atoms with Crippen LogP contribution in [0, 0.1) is 5.82 Å². The molecule has 2 heterocycles. The van der Waals surface area contributed by atoms with Gasteiger partial charge in [0.1, 0.15) is 0 Å². The summed E-state index contributed by atoms with van der Waals surface area (Å²) in [5.41, 5.74) is 0.579. The van der Waals surface area contributed by atoms with Gasteiger partial charge in [-0.1, -0.05) is 17.3 Å². The molecule has 12 heteroatoms. The number of nitrogens with zero attached hydrogens (tertiary/aromatic N) is 4. The van der Waals surface area contributed by atoms with Gasteiger partial charge in [0.2, 0.25) is 0 Å². The van der Waals surface area contributed by atoms with Crippen molar-refractivity contribution in [1.82, 2.24) is 15.1 Å². The summed E-state index contributed by atoms with van der Waals surface area (Å²) < 4.78 is 71.5. The van der Waals surface area contributed by atoms with Gasteiger partial charge in [0.05, 0.1) is 20.8 Å². The van der Waals surface area contributed by atoms with E-state index in [1.165, 1.54) is 36.5 Å². The van der Waals surface area contributed by atoms with Crippen LogP contribution in [0.15, 0.2) is 56.5 Å². The van der Waals surface area contributed by atoms with Gasteiger partial charge in [-0.2, -0.15) is 22.5 Å². The van der Waals surface area contributed by atoms with Gasteiger partial charge in [-0.05, 0) is 23.8 Å². The number of aromatic nitrogens is 3. The van der Waals surface area contributed by atoms with Crippen molar-refractivity contribution in [2.75, 3.05) is 6.26 Å². The van der Waals surface area contributed by atoms with E-state index in [-0.39, 0.29) is 22.7 Å². The summed E-state index contributed by atoms with van der Waals surface area (Å²) in [4.78, 5) is 18.8. The SMILES string of the molecule is CS(=O)(=NC(=O)c1ccc(Cc2noc(C(F)(F)F)n2)cc1)c1ccncc1F. The first-order valence-corrected chi connectivity index (χ1v) is 9.83. The molecule has 152 valence electrons. The molecule has 0 fully saturated rings. The third-order valence-corrected chi connectivity index (χ3v) is 5.34. The molecule has 0 aliphatic rings. The van der Waals surface area contributed by atoms with E-state index < -0.39 is 33.5 Å². The van der Waals surface area contributed by atoms with Crippen LogP contribution in [0.25, 0.3) is 0 Å². The first-order valence-electron chi connectivity index (χ1n) is 7.91. The number of halogens is 4. The van der Waals surface area contributed by atoms with Gasteiger partial charge < -0.3 is 4.52 Å². The van der Waals surface area contributed by atoms with E-state index in [4.69, 9.17) is 0 Å². The monoisotopic (exact) mass is 428 g/mol. The Bertz CT molecular complexity index is 1170. The number of hydrogen-bond donors (Lipinski definition) is 0. The molecular formula is C17H12F4N4O3S. The largest absolute Gasteiger partial charge is 0.471 e. The number of benzene rings is 1. The molecule has 3 aromatic rings. The number of pyridine rings is 1. The molecule has 0 N–H and O–H groups in total. The van der Waals surface area contributed by atoms with Crippen LogP contribution in [-0.4, -0.2) is 31.5 Å². The number of rotatable bonds is 4. The minimum atomic E-state index is -4.73. The summed E-state index contributed by atoms with van der Waals surface area (Å²) in [6, 6.07) is 6.79. The molecule has 1 amide bonds. The molecule has 7 nitrogen and oxygen atoms in total. The second-order valence-electron chi connectivity index (χ2n) is 5.89. The van der Waals surface area contributed by atoms with Crippen molar-refractivity contribution in [2.24, 2.45) is 4.36 Å². The van der Waals surface area contributed by atoms with E-state index in [9.17, 15) is 26.6 Å². The third kappa shape index (κ3) is 4.83. The van der Waals surface area contributed by atoms with Gasteiger partial charge in [0.25, 0.3) is 5.91 Å². The lowest BCUT2D eigenvalue weighted by Gasteiger charge is -2.05. The second kappa shape index (κ2) is 7.70. The quantitative estimate of drug-likeness (QED) is 0.590. The minimum Gasteiger partial charge on any atom is -0.329 e. The average Bonchev–Trinajstić information content (AvgIpc) is 3.11. The predicted octanol–water partition coefficient (Wildman–Crippen LogP) is 3.51. The van der Waals surface area contributed by atoms with Crippen molar-refractivity contribution in [1.29, 1.82) is 0 Å². The Balaban J connectivity index is 1.78. The summed E-state index contributed by atoms with van der Waals surface area (Å²) in [5.74, 6) is -3.30. The molecule has 0 aliphatic carbocycles. The van der Waals surface area contributed by atoms with Crippen molar-refractivity contribution in [3.8, 4) is 0 Å². The molecule has 3 rings (SSSR count). The van der Waals surface area contributed by atoms with Crippen LogP contribution in [0.2, 0.25) is 0 Å². The maximum atomic E-state index is 13.8. The van der Waals surface area contributed by atoms with Crippen molar-refractivity contribution >= 4 is 15.6 Å². The molecule has 0 spiro atoms. The predicted molar refractivity (Wildman–Crippen MR) is 91.8 cm³/mol. The molecule has 0 saturated heterocycles. The molecule has 0 radical (unpaired) electrons. The summed E-state index contributed by atoms with van der Waals surface area (Å²) in [6.45, 7) is 0. The molecule has 2 aromatic heterocycles. The number of carbonyl (C=O) groups is 1. The topological polar surface area (TPSA) is 98.3 Å². The highest BCUT2D eigenvalue weighted by molar-refractivity contribution is 7.93. The number of amides is 1. The molecule has 0 saturated carbocycles. The lowest BCUT2D eigenvalue weighted by atomic mass is 10.1. The van der Waals surface area contributed by atoms with E-state index >= 15 is 0 Å². The standard InChI is InChI=1S/C17H12F4N4O3S/c1-29(27,13-6-7-22-9-12(13)18)25-15(26)11-4-2-10(3-5-11)8-14-23-16(28-24-14)17(19,20)21/h2-7,9H,8H2,1H3. The summed E-state index contributed by atoms with van der Waals surface area (Å²) in [6.07, 6.45) is -1.55. The Morgan fingerprint density at radius 2 is 1.90 bits per heavy atom. The third-order valence-electron chi connectivity index (χ3n) is 3.67. The van der Waals surface area contributed by atoms with Crippen molar-refractivity contribution in [3.05, 3.63) is 71.4 Å². The summed E-state index contributed by atoms with van der Waals surface area (Å²) >= 11 is 0. The van der Waals surface area contributed by atoms with Crippen LogP contribution in [-0.2, 0) is 22.3 Å². The number of carbonyl (C=O) groups excluding carboxylic acids is 1. The van der Waals surface area contributed by atoms with E-state index in [0.29, 0.717) is 5.56 Å². The maximum Gasteiger partial charge on any atom is 0.471 e.